The number of allylic oxidation sites excluding steroid dienone is 1. The topological polar surface area (TPSA) is 40.5 Å². The Balaban J connectivity index is 1.57. The normalized spacial score (nSPS) is 24.5. The largest absolute Gasteiger partial charge is 0.376 e. The van der Waals surface area contributed by atoms with E-state index in [1.54, 1.807) is 0 Å². The maximum Gasteiger partial charge on any atom is 0.141 e. The number of hydrogen-bond donors (Lipinski definition) is 2. The molecule has 0 radical (unpaired) electrons. The Labute approximate surface area is 238 Å². The zero-order valence-electron chi connectivity index (χ0n) is 20.4. The fourth-order valence-corrected chi connectivity index (χ4v) is 7.10. The SMILES string of the molecule is OC1(c2ccc3ccccc3c2)C2=C(CC(Br)C=C2)C(O)(c2ccc3ccccc3c2)c2ccc(Br)cc21. The van der Waals surface area contributed by atoms with Crippen LogP contribution in [-0.2, 0) is 11.2 Å². The number of halogens is 2. The third-order valence-electron chi connectivity index (χ3n) is 8.12. The van der Waals surface area contributed by atoms with Crippen molar-refractivity contribution >= 4 is 53.4 Å². The highest BCUT2D eigenvalue weighted by Gasteiger charge is 2.52. The molecule has 5 aromatic rings. The van der Waals surface area contributed by atoms with Gasteiger partial charge in [0.15, 0.2) is 0 Å². The van der Waals surface area contributed by atoms with Crippen LogP contribution >= 0.6 is 31.9 Å². The quantitative estimate of drug-likeness (QED) is 0.194. The second-order valence-corrected chi connectivity index (χ2v) is 12.3. The van der Waals surface area contributed by atoms with Crippen LogP contribution in [0.2, 0.25) is 0 Å². The summed E-state index contributed by atoms with van der Waals surface area (Å²) in [6, 6.07) is 34.5. The lowest BCUT2D eigenvalue weighted by molar-refractivity contribution is 0.0700. The monoisotopic (exact) mass is 622 g/mol. The van der Waals surface area contributed by atoms with Crippen molar-refractivity contribution in [1.82, 2.24) is 0 Å². The van der Waals surface area contributed by atoms with Gasteiger partial charge >= 0.3 is 0 Å². The standard InChI is InChI=1S/C34H24Br2O2/c35-27-14-16-30-31(19-27)33(37,25-11-9-21-5-1-3-7-23(21)17-25)29-15-13-28(36)20-32(29)34(30,38)26-12-10-22-6-2-4-8-24(22)18-26/h1-19,28,37-38H,20H2. The lowest BCUT2D eigenvalue weighted by Gasteiger charge is -2.47. The summed E-state index contributed by atoms with van der Waals surface area (Å²) in [6.45, 7) is 0. The number of fused-ring (bicyclic) bond motifs is 3. The van der Waals surface area contributed by atoms with E-state index in [9.17, 15) is 10.2 Å². The van der Waals surface area contributed by atoms with Crippen molar-refractivity contribution in [1.29, 1.82) is 0 Å². The van der Waals surface area contributed by atoms with Crippen LogP contribution in [0.4, 0.5) is 0 Å². The molecule has 2 N–H and O–H groups in total. The number of rotatable bonds is 2. The summed E-state index contributed by atoms with van der Waals surface area (Å²) < 4.78 is 0.846. The van der Waals surface area contributed by atoms with E-state index in [0.717, 1.165) is 48.3 Å². The molecule has 0 saturated carbocycles. The first-order chi connectivity index (χ1) is 18.4. The molecule has 2 aliphatic rings. The predicted octanol–water partition coefficient (Wildman–Crippen LogP) is 8.26. The van der Waals surface area contributed by atoms with E-state index in [1.807, 2.05) is 60.7 Å². The fraction of sp³-hybridized carbons (Fsp3) is 0.118. The summed E-state index contributed by atoms with van der Waals surface area (Å²) in [5.41, 5.74) is 1.63. The average Bonchev–Trinajstić information content (AvgIpc) is 2.95. The van der Waals surface area contributed by atoms with Crippen LogP contribution in [-0.4, -0.2) is 15.0 Å². The minimum Gasteiger partial charge on any atom is -0.376 e. The second-order valence-electron chi connectivity index (χ2n) is 10.2. The van der Waals surface area contributed by atoms with Crippen molar-refractivity contribution in [3.8, 4) is 0 Å². The molecule has 0 spiro atoms. The molecular formula is C34H24Br2O2. The molecule has 0 fully saturated rings. The van der Waals surface area contributed by atoms with Crippen LogP contribution in [0.5, 0.6) is 0 Å². The first-order valence-corrected chi connectivity index (χ1v) is 14.4. The predicted molar refractivity (Wildman–Crippen MR) is 162 cm³/mol. The van der Waals surface area contributed by atoms with Gasteiger partial charge < -0.3 is 10.2 Å². The van der Waals surface area contributed by atoms with Gasteiger partial charge in [-0.3, -0.25) is 0 Å². The summed E-state index contributed by atoms with van der Waals surface area (Å²) in [7, 11) is 0. The third kappa shape index (κ3) is 3.44. The van der Waals surface area contributed by atoms with Crippen LogP contribution in [0.3, 0.4) is 0 Å². The first kappa shape index (κ1) is 24.1. The lowest BCUT2D eigenvalue weighted by atomic mass is 9.61. The molecule has 0 amide bonds. The summed E-state index contributed by atoms with van der Waals surface area (Å²) in [5, 5.41) is 30.1. The Morgan fingerprint density at radius 2 is 1.21 bits per heavy atom. The third-order valence-corrected chi connectivity index (χ3v) is 9.24. The van der Waals surface area contributed by atoms with Crippen LogP contribution in [0, 0.1) is 0 Å². The van der Waals surface area contributed by atoms with Gasteiger partial charge in [-0.2, -0.15) is 0 Å². The van der Waals surface area contributed by atoms with Gasteiger partial charge in [0.25, 0.3) is 0 Å². The first-order valence-electron chi connectivity index (χ1n) is 12.7. The van der Waals surface area contributed by atoms with E-state index in [-0.39, 0.29) is 4.83 Å². The highest BCUT2D eigenvalue weighted by molar-refractivity contribution is 9.10. The molecule has 7 rings (SSSR count). The zero-order valence-corrected chi connectivity index (χ0v) is 23.6. The Bertz CT molecular complexity index is 1820. The molecule has 38 heavy (non-hydrogen) atoms. The summed E-state index contributed by atoms with van der Waals surface area (Å²) in [6.07, 6.45) is 4.62. The van der Waals surface area contributed by atoms with Gasteiger partial charge in [0.1, 0.15) is 11.2 Å². The highest BCUT2D eigenvalue weighted by Crippen LogP contribution is 2.56. The van der Waals surface area contributed by atoms with Crippen LogP contribution in [0.15, 0.2) is 131 Å². The molecule has 5 aromatic carbocycles. The fourth-order valence-electron chi connectivity index (χ4n) is 6.26. The minimum atomic E-state index is -1.44. The lowest BCUT2D eigenvalue weighted by Crippen LogP contribution is -2.45. The maximum atomic E-state index is 12.9. The zero-order chi connectivity index (χ0) is 26.1. The van der Waals surface area contributed by atoms with Crippen molar-refractivity contribution < 1.29 is 10.2 Å². The van der Waals surface area contributed by atoms with E-state index in [0.29, 0.717) is 17.5 Å². The maximum absolute atomic E-state index is 12.9. The summed E-state index contributed by atoms with van der Waals surface area (Å²) in [5.74, 6) is 0. The summed E-state index contributed by atoms with van der Waals surface area (Å²) >= 11 is 7.42. The van der Waals surface area contributed by atoms with Crippen LogP contribution in [0.25, 0.3) is 21.5 Å². The second kappa shape index (κ2) is 8.75. The molecule has 0 aliphatic heterocycles. The number of benzene rings is 5. The van der Waals surface area contributed by atoms with E-state index in [1.165, 1.54) is 0 Å². The number of hydrogen-bond acceptors (Lipinski definition) is 2. The molecule has 0 aromatic heterocycles. The van der Waals surface area contributed by atoms with Crippen LogP contribution in [0.1, 0.15) is 28.7 Å². The molecule has 4 heteroatoms. The smallest absolute Gasteiger partial charge is 0.141 e. The molecule has 0 heterocycles. The van der Waals surface area contributed by atoms with Gasteiger partial charge in [0, 0.05) is 14.9 Å². The molecule has 2 nitrogen and oxygen atoms in total. The number of alkyl halides is 1. The van der Waals surface area contributed by atoms with Gasteiger partial charge in [-0.15, -0.1) is 0 Å². The van der Waals surface area contributed by atoms with E-state index < -0.39 is 11.2 Å². The van der Waals surface area contributed by atoms with E-state index >= 15 is 0 Å². The van der Waals surface area contributed by atoms with Crippen LogP contribution < -0.4 is 0 Å². The molecule has 0 saturated heterocycles. The van der Waals surface area contributed by atoms with Crippen molar-refractivity contribution in [3.05, 3.63) is 153 Å². The van der Waals surface area contributed by atoms with E-state index in [4.69, 9.17) is 0 Å². The number of aliphatic hydroxyl groups is 2. The minimum absolute atomic E-state index is 0.0473. The highest BCUT2D eigenvalue weighted by atomic mass is 79.9. The molecule has 3 atom stereocenters. The summed E-state index contributed by atoms with van der Waals surface area (Å²) in [4.78, 5) is 0.0473. The van der Waals surface area contributed by atoms with Crippen molar-refractivity contribution in [2.24, 2.45) is 0 Å². The Morgan fingerprint density at radius 3 is 1.84 bits per heavy atom. The van der Waals surface area contributed by atoms with Gasteiger partial charge in [0.05, 0.1) is 0 Å². The molecular weight excluding hydrogens is 600 g/mol. The van der Waals surface area contributed by atoms with E-state index in [2.05, 4.69) is 86.5 Å². The Kier molecular flexibility index (Phi) is 5.54. The van der Waals surface area contributed by atoms with Crippen molar-refractivity contribution in [2.75, 3.05) is 0 Å². The van der Waals surface area contributed by atoms with Gasteiger partial charge in [-0.25, -0.2) is 0 Å². The van der Waals surface area contributed by atoms with Crippen molar-refractivity contribution in [3.63, 3.8) is 0 Å². The molecule has 0 bridgehead atoms. The van der Waals surface area contributed by atoms with Crippen molar-refractivity contribution in [2.45, 2.75) is 22.5 Å². The Hall–Kier alpha value is -3.02. The molecule has 186 valence electrons. The van der Waals surface area contributed by atoms with Gasteiger partial charge in [0.2, 0.25) is 0 Å². The molecule has 3 unspecified atom stereocenters. The Morgan fingerprint density at radius 1 is 0.632 bits per heavy atom. The molecule has 2 aliphatic carbocycles. The van der Waals surface area contributed by atoms with Gasteiger partial charge in [-0.1, -0.05) is 123 Å². The van der Waals surface area contributed by atoms with Gasteiger partial charge in [-0.05, 0) is 80.1 Å². The average molecular weight is 624 g/mol.